The van der Waals surface area contributed by atoms with Crippen LogP contribution in [-0.2, 0) is 11.8 Å². The average Bonchev–Trinajstić information content (AvgIpc) is 2.77. The van der Waals surface area contributed by atoms with Crippen molar-refractivity contribution in [2.75, 3.05) is 6.61 Å². The van der Waals surface area contributed by atoms with Crippen LogP contribution in [0, 0.1) is 6.92 Å². The fourth-order valence-corrected chi connectivity index (χ4v) is 3.44. The van der Waals surface area contributed by atoms with Gasteiger partial charge < -0.3 is 4.74 Å². The number of rotatable bonds is 3. The molecule has 0 amide bonds. The molecular formula is C19H21BrO. The average molecular weight is 345 g/mol. The second-order valence-electron chi connectivity index (χ2n) is 6.59. The Balaban J connectivity index is 1.82. The molecule has 1 unspecified atom stereocenters. The monoisotopic (exact) mass is 344 g/mol. The number of halogens is 1. The summed E-state index contributed by atoms with van der Waals surface area (Å²) < 4.78 is 5.76. The Morgan fingerprint density at radius 2 is 1.86 bits per heavy atom. The molecule has 3 rings (SSSR count). The van der Waals surface area contributed by atoms with Gasteiger partial charge in [-0.25, -0.2) is 0 Å². The molecule has 0 aliphatic carbocycles. The zero-order chi connectivity index (χ0) is 15.0. The van der Waals surface area contributed by atoms with Gasteiger partial charge in [-0.15, -0.1) is 0 Å². The van der Waals surface area contributed by atoms with Gasteiger partial charge in [0.2, 0.25) is 0 Å². The Hall–Kier alpha value is -1.28. The van der Waals surface area contributed by atoms with E-state index in [2.05, 4.69) is 79.2 Å². The maximum Gasteiger partial charge on any atom is 0.123 e. The van der Waals surface area contributed by atoms with Crippen molar-refractivity contribution in [3.63, 3.8) is 0 Å². The van der Waals surface area contributed by atoms with Gasteiger partial charge in [-0.3, -0.25) is 0 Å². The molecule has 2 heteroatoms. The lowest BCUT2D eigenvalue weighted by molar-refractivity contribution is 0.291. The molecule has 0 aromatic heterocycles. The lowest BCUT2D eigenvalue weighted by Gasteiger charge is -2.17. The van der Waals surface area contributed by atoms with E-state index in [0.717, 1.165) is 18.8 Å². The van der Waals surface area contributed by atoms with Crippen molar-refractivity contribution in [3.8, 4) is 5.75 Å². The van der Waals surface area contributed by atoms with E-state index in [1.54, 1.807) is 0 Å². The van der Waals surface area contributed by atoms with Crippen LogP contribution in [0.2, 0.25) is 0 Å². The molecule has 110 valence electrons. The van der Waals surface area contributed by atoms with Gasteiger partial charge in [0.25, 0.3) is 0 Å². The Morgan fingerprint density at radius 1 is 1.14 bits per heavy atom. The molecule has 2 aromatic carbocycles. The molecule has 0 radical (unpaired) electrons. The van der Waals surface area contributed by atoms with Crippen molar-refractivity contribution in [1.82, 2.24) is 0 Å². The quantitative estimate of drug-likeness (QED) is 0.682. The van der Waals surface area contributed by atoms with Gasteiger partial charge in [-0.05, 0) is 30.5 Å². The standard InChI is InChI=1S/C19H21BrO/c1-13-4-6-14(7-5-13)10-17(20)15-8-9-18-16(11-15)19(2,3)12-21-18/h4-9,11,17H,10,12H2,1-3H3. The molecule has 21 heavy (non-hydrogen) atoms. The number of alkyl halides is 1. The summed E-state index contributed by atoms with van der Waals surface area (Å²) in [6.07, 6.45) is 1.00. The minimum Gasteiger partial charge on any atom is -0.492 e. The van der Waals surface area contributed by atoms with E-state index >= 15 is 0 Å². The van der Waals surface area contributed by atoms with Crippen LogP contribution in [0.15, 0.2) is 42.5 Å². The molecule has 0 fully saturated rings. The first-order valence-electron chi connectivity index (χ1n) is 7.42. The van der Waals surface area contributed by atoms with E-state index < -0.39 is 0 Å². The van der Waals surface area contributed by atoms with E-state index in [4.69, 9.17) is 4.74 Å². The van der Waals surface area contributed by atoms with Crippen molar-refractivity contribution in [2.24, 2.45) is 0 Å². The molecule has 1 aliphatic heterocycles. The fourth-order valence-electron chi connectivity index (χ4n) is 2.78. The lowest BCUT2D eigenvalue weighted by atomic mass is 9.85. The van der Waals surface area contributed by atoms with Crippen molar-refractivity contribution < 1.29 is 4.74 Å². The number of fused-ring (bicyclic) bond motifs is 1. The zero-order valence-electron chi connectivity index (χ0n) is 12.8. The third-order valence-electron chi connectivity index (χ3n) is 4.22. The van der Waals surface area contributed by atoms with Gasteiger partial charge in [0.15, 0.2) is 0 Å². The fraction of sp³-hybridized carbons (Fsp3) is 0.368. The molecule has 1 atom stereocenters. The van der Waals surface area contributed by atoms with Crippen molar-refractivity contribution >= 4 is 15.9 Å². The predicted molar refractivity (Wildman–Crippen MR) is 91.5 cm³/mol. The summed E-state index contributed by atoms with van der Waals surface area (Å²) in [6.45, 7) is 7.38. The summed E-state index contributed by atoms with van der Waals surface area (Å²) >= 11 is 3.85. The maximum absolute atomic E-state index is 5.76. The highest BCUT2D eigenvalue weighted by atomic mass is 79.9. The molecule has 2 aromatic rings. The Morgan fingerprint density at radius 3 is 2.57 bits per heavy atom. The highest BCUT2D eigenvalue weighted by Gasteiger charge is 2.32. The van der Waals surface area contributed by atoms with Gasteiger partial charge in [-0.1, -0.05) is 71.7 Å². The summed E-state index contributed by atoms with van der Waals surface area (Å²) in [5.74, 6) is 1.04. The smallest absolute Gasteiger partial charge is 0.123 e. The molecule has 0 saturated carbocycles. The van der Waals surface area contributed by atoms with E-state index in [1.165, 1.54) is 22.3 Å². The SMILES string of the molecule is Cc1ccc(CC(Br)c2ccc3c(c2)C(C)(C)CO3)cc1. The topological polar surface area (TPSA) is 9.23 Å². The van der Waals surface area contributed by atoms with Crippen LogP contribution in [-0.4, -0.2) is 6.61 Å². The minimum absolute atomic E-state index is 0.113. The van der Waals surface area contributed by atoms with E-state index in [1.807, 2.05) is 0 Å². The lowest BCUT2D eigenvalue weighted by Crippen LogP contribution is -2.18. The van der Waals surface area contributed by atoms with Crippen LogP contribution >= 0.6 is 15.9 Å². The van der Waals surface area contributed by atoms with E-state index in [9.17, 15) is 0 Å². The van der Waals surface area contributed by atoms with Crippen LogP contribution in [0.3, 0.4) is 0 Å². The van der Waals surface area contributed by atoms with Gasteiger partial charge >= 0.3 is 0 Å². The van der Waals surface area contributed by atoms with Crippen LogP contribution in [0.5, 0.6) is 5.75 Å². The van der Waals surface area contributed by atoms with Crippen molar-refractivity contribution in [3.05, 3.63) is 64.7 Å². The van der Waals surface area contributed by atoms with Crippen molar-refractivity contribution in [2.45, 2.75) is 37.4 Å². The summed E-state index contributed by atoms with van der Waals surface area (Å²) in [4.78, 5) is 0.335. The highest BCUT2D eigenvalue weighted by Crippen LogP contribution is 2.41. The first kappa shape index (κ1) is 14.6. The Kier molecular flexibility index (Phi) is 3.83. The summed E-state index contributed by atoms with van der Waals surface area (Å²) in [5.41, 5.74) is 5.43. The second-order valence-corrected chi connectivity index (χ2v) is 7.69. The number of hydrogen-bond acceptors (Lipinski definition) is 1. The number of benzene rings is 2. The zero-order valence-corrected chi connectivity index (χ0v) is 14.4. The summed E-state index contributed by atoms with van der Waals surface area (Å²) in [5, 5.41) is 0. The van der Waals surface area contributed by atoms with Crippen LogP contribution < -0.4 is 4.74 Å². The highest BCUT2D eigenvalue weighted by molar-refractivity contribution is 9.09. The summed E-state index contributed by atoms with van der Waals surface area (Å²) in [7, 11) is 0. The molecule has 1 nitrogen and oxygen atoms in total. The van der Waals surface area contributed by atoms with E-state index in [-0.39, 0.29) is 5.41 Å². The van der Waals surface area contributed by atoms with Gasteiger partial charge in [-0.2, -0.15) is 0 Å². The molecular weight excluding hydrogens is 324 g/mol. The number of hydrogen-bond donors (Lipinski definition) is 0. The van der Waals surface area contributed by atoms with Crippen molar-refractivity contribution in [1.29, 1.82) is 0 Å². The molecule has 0 N–H and O–H groups in total. The Labute approximate surface area is 135 Å². The molecule has 0 spiro atoms. The maximum atomic E-state index is 5.76. The van der Waals surface area contributed by atoms with Crippen LogP contribution in [0.4, 0.5) is 0 Å². The largest absolute Gasteiger partial charge is 0.492 e. The van der Waals surface area contributed by atoms with Gasteiger partial charge in [0.05, 0.1) is 6.61 Å². The first-order chi connectivity index (χ1) is 9.95. The molecule has 0 bridgehead atoms. The van der Waals surface area contributed by atoms with Gasteiger partial charge in [0.1, 0.15) is 5.75 Å². The number of aryl methyl sites for hydroxylation is 1. The Bertz CT molecular complexity index is 643. The molecule has 0 saturated heterocycles. The predicted octanol–water partition coefficient (Wildman–Crippen LogP) is 5.34. The second kappa shape index (κ2) is 5.49. The summed E-state index contributed by atoms with van der Waals surface area (Å²) in [6, 6.07) is 15.4. The molecule has 1 aliphatic rings. The third kappa shape index (κ3) is 3.01. The first-order valence-corrected chi connectivity index (χ1v) is 8.34. The van der Waals surface area contributed by atoms with Gasteiger partial charge in [0, 0.05) is 15.8 Å². The molecule has 1 heterocycles. The van der Waals surface area contributed by atoms with Crippen LogP contribution in [0.25, 0.3) is 0 Å². The number of ether oxygens (including phenoxy) is 1. The minimum atomic E-state index is 0.113. The normalized spacial score (nSPS) is 17.1. The third-order valence-corrected chi connectivity index (χ3v) is 5.07. The van der Waals surface area contributed by atoms with Crippen LogP contribution in [0.1, 0.15) is 40.9 Å². The van der Waals surface area contributed by atoms with E-state index in [0.29, 0.717) is 4.83 Å².